The van der Waals surface area contributed by atoms with Gasteiger partial charge in [-0.05, 0) is 49.5 Å². The van der Waals surface area contributed by atoms with Gasteiger partial charge in [-0.1, -0.05) is 51.1 Å². The third kappa shape index (κ3) is 9.34. The summed E-state index contributed by atoms with van der Waals surface area (Å²) in [6.45, 7) is 5.63. The van der Waals surface area contributed by atoms with Gasteiger partial charge in [-0.15, -0.1) is 0 Å². The van der Waals surface area contributed by atoms with E-state index >= 15 is 0 Å². The van der Waals surface area contributed by atoms with Gasteiger partial charge < -0.3 is 21.3 Å². The summed E-state index contributed by atoms with van der Waals surface area (Å²) in [5, 5.41) is 9.93. The van der Waals surface area contributed by atoms with Crippen molar-refractivity contribution >= 4 is 29.4 Å². The quantitative estimate of drug-likeness (QED) is 0.288. The van der Waals surface area contributed by atoms with Crippen molar-refractivity contribution in [3.63, 3.8) is 0 Å². The summed E-state index contributed by atoms with van der Waals surface area (Å²) in [6, 6.07) is 4.80. The number of nitrogens with one attached hydrogen (secondary N) is 4. The number of hydrogen-bond acceptors (Lipinski definition) is 5. The zero-order valence-corrected chi connectivity index (χ0v) is 22.9. The van der Waals surface area contributed by atoms with E-state index in [0.717, 1.165) is 12.8 Å². The molecule has 220 valence electrons. The van der Waals surface area contributed by atoms with Crippen molar-refractivity contribution in [1.82, 2.24) is 21.3 Å². The first-order chi connectivity index (χ1) is 18.6. The summed E-state index contributed by atoms with van der Waals surface area (Å²) in [6.07, 6.45) is -3.83. The SMILES string of the molecule is CC(C)(C)C[C@H](NC(=O)[C@H](Cc1ccccc1)C(F)(F)F)C(=O)NC(C[C@@H]1CCNC1=O)C(=O)C(=O)NC1CC1. The number of Topliss-reactive ketones (excluding diaryl/α,β-unsaturated/α-hetero) is 1. The molecule has 2 fully saturated rings. The first-order valence-corrected chi connectivity index (χ1v) is 13.5. The molecule has 1 heterocycles. The molecule has 1 saturated heterocycles. The molecule has 0 radical (unpaired) electrons. The van der Waals surface area contributed by atoms with Gasteiger partial charge in [0.25, 0.3) is 5.91 Å². The average Bonchev–Trinajstić information content (AvgIpc) is 3.59. The highest BCUT2D eigenvalue weighted by Gasteiger charge is 2.46. The molecule has 4 atom stereocenters. The Morgan fingerprint density at radius 2 is 1.57 bits per heavy atom. The van der Waals surface area contributed by atoms with Crippen LogP contribution in [0.5, 0.6) is 0 Å². The highest BCUT2D eigenvalue weighted by atomic mass is 19.4. The van der Waals surface area contributed by atoms with Gasteiger partial charge in [0, 0.05) is 18.5 Å². The van der Waals surface area contributed by atoms with Crippen LogP contribution in [0.15, 0.2) is 30.3 Å². The molecule has 0 spiro atoms. The van der Waals surface area contributed by atoms with Crippen molar-refractivity contribution in [2.75, 3.05) is 6.54 Å². The second-order valence-corrected chi connectivity index (χ2v) is 11.8. The zero-order valence-electron chi connectivity index (χ0n) is 22.9. The standard InChI is InChI=1S/C28H37F3N4O5/c1-27(2,3)15-21(35-24(38)19(28(29,30)31)13-16-7-5-4-6-8-16)25(39)34-20(14-17-11-12-32-23(17)37)22(36)26(40)33-18-9-10-18/h4-8,17-21H,9-15H2,1-3H3,(H,32,37)(H,33,40)(H,34,39)(H,35,38)/t17-,19-,20?,21-/m0/s1. The maximum atomic E-state index is 13.9. The number of carbonyl (C=O) groups excluding carboxylic acids is 5. The minimum Gasteiger partial charge on any atom is -0.356 e. The Balaban J connectivity index is 1.80. The van der Waals surface area contributed by atoms with Crippen LogP contribution in [0.2, 0.25) is 0 Å². The van der Waals surface area contributed by atoms with Gasteiger partial charge in [0.05, 0.1) is 6.04 Å². The van der Waals surface area contributed by atoms with Crippen LogP contribution < -0.4 is 21.3 Å². The molecule has 4 N–H and O–H groups in total. The molecule has 40 heavy (non-hydrogen) atoms. The molecule has 9 nitrogen and oxygen atoms in total. The van der Waals surface area contributed by atoms with Crippen LogP contribution in [0.4, 0.5) is 13.2 Å². The summed E-state index contributed by atoms with van der Waals surface area (Å²) in [5.74, 6) is -7.47. The topological polar surface area (TPSA) is 133 Å². The largest absolute Gasteiger partial charge is 0.400 e. The number of carbonyl (C=O) groups is 5. The molecule has 1 unspecified atom stereocenters. The van der Waals surface area contributed by atoms with E-state index in [0.29, 0.717) is 18.5 Å². The molecule has 1 aromatic carbocycles. The molecule has 3 rings (SSSR count). The number of alkyl halides is 3. The van der Waals surface area contributed by atoms with Crippen LogP contribution in [0.3, 0.4) is 0 Å². The van der Waals surface area contributed by atoms with Crippen LogP contribution in [0.25, 0.3) is 0 Å². The third-order valence-electron chi connectivity index (χ3n) is 6.90. The van der Waals surface area contributed by atoms with E-state index < -0.39 is 65.4 Å². The van der Waals surface area contributed by atoms with E-state index in [2.05, 4.69) is 21.3 Å². The highest BCUT2D eigenvalue weighted by Crippen LogP contribution is 2.30. The maximum Gasteiger partial charge on any atom is 0.400 e. The van der Waals surface area contributed by atoms with Crippen LogP contribution in [-0.2, 0) is 30.4 Å². The van der Waals surface area contributed by atoms with Gasteiger partial charge in [0.2, 0.25) is 23.5 Å². The van der Waals surface area contributed by atoms with Gasteiger partial charge in [-0.3, -0.25) is 24.0 Å². The number of halogens is 3. The number of benzene rings is 1. The fourth-order valence-electron chi connectivity index (χ4n) is 4.60. The van der Waals surface area contributed by atoms with Crippen LogP contribution in [0, 0.1) is 17.3 Å². The first kappa shape index (κ1) is 31.1. The lowest BCUT2D eigenvalue weighted by molar-refractivity contribution is -0.183. The molecule has 0 bridgehead atoms. The van der Waals surface area contributed by atoms with Crippen molar-refractivity contribution in [3.05, 3.63) is 35.9 Å². The second-order valence-electron chi connectivity index (χ2n) is 11.8. The lowest BCUT2D eigenvalue weighted by Gasteiger charge is -2.30. The highest BCUT2D eigenvalue weighted by molar-refractivity contribution is 6.38. The Labute approximate surface area is 231 Å². The molecule has 4 amide bonds. The summed E-state index contributed by atoms with van der Waals surface area (Å²) >= 11 is 0. The molecular formula is C28H37F3N4O5. The summed E-state index contributed by atoms with van der Waals surface area (Å²) in [5.41, 5.74) is -0.296. The van der Waals surface area contributed by atoms with Crippen molar-refractivity contribution in [2.45, 2.75) is 83.6 Å². The molecule has 1 aliphatic heterocycles. The third-order valence-corrected chi connectivity index (χ3v) is 6.90. The monoisotopic (exact) mass is 566 g/mol. The number of ketones is 1. The van der Waals surface area contributed by atoms with Gasteiger partial charge in [-0.2, -0.15) is 13.2 Å². The molecule has 2 aliphatic rings. The Morgan fingerprint density at radius 3 is 2.10 bits per heavy atom. The number of hydrogen-bond donors (Lipinski definition) is 4. The Hall–Kier alpha value is -3.44. The summed E-state index contributed by atoms with van der Waals surface area (Å²) < 4.78 is 41.8. The summed E-state index contributed by atoms with van der Waals surface area (Å²) in [7, 11) is 0. The Bertz CT molecular complexity index is 1100. The smallest absolute Gasteiger partial charge is 0.356 e. The lowest BCUT2D eigenvalue weighted by atomic mass is 9.87. The predicted octanol–water partition coefficient (Wildman–Crippen LogP) is 2.19. The zero-order chi connectivity index (χ0) is 29.7. The predicted molar refractivity (Wildman–Crippen MR) is 140 cm³/mol. The van der Waals surface area contributed by atoms with E-state index in [1.807, 2.05) is 0 Å². The summed E-state index contributed by atoms with van der Waals surface area (Å²) in [4.78, 5) is 64.1. The molecule has 1 aliphatic carbocycles. The van der Waals surface area contributed by atoms with Crippen LogP contribution in [-0.4, -0.2) is 60.3 Å². The average molecular weight is 567 g/mol. The molecular weight excluding hydrogens is 529 g/mol. The van der Waals surface area contributed by atoms with E-state index in [9.17, 15) is 37.1 Å². The normalized spacial score (nSPS) is 19.6. The van der Waals surface area contributed by atoms with Gasteiger partial charge in [0.15, 0.2) is 0 Å². The van der Waals surface area contributed by atoms with E-state index in [1.165, 1.54) is 12.1 Å². The minimum absolute atomic E-state index is 0.0421. The van der Waals surface area contributed by atoms with E-state index in [4.69, 9.17) is 0 Å². The first-order valence-electron chi connectivity index (χ1n) is 13.5. The Morgan fingerprint density at radius 1 is 0.950 bits per heavy atom. The molecule has 0 aromatic heterocycles. The van der Waals surface area contributed by atoms with Crippen molar-refractivity contribution in [3.8, 4) is 0 Å². The van der Waals surface area contributed by atoms with E-state index in [1.54, 1.807) is 39.0 Å². The minimum atomic E-state index is -4.88. The fraction of sp³-hybridized carbons (Fsp3) is 0.607. The molecule has 1 saturated carbocycles. The van der Waals surface area contributed by atoms with Crippen LogP contribution >= 0.6 is 0 Å². The van der Waals surface area contributed by atoms with E-state index in [-0.39, 0.29) is 24.8 Å². The van der Waals surface area contributed by atoms with Crippen molar-refractivity contribution in [2.24, 2.45) is 17.3 Å². The molecule has 12 heteroatoms. The Kier molecular flexibility index (Phi) is 9.96. The van der Waals surface area contributed by atoms with Gasteiger partial charge >= 0.3 is 6.18 Å². The van der Waals surface area contributed by atoms with Crippen LogP contribution in [0.1, 0.15) is 58.4 Å². The van der Waals surface area contributed by atoms with Crippen molar-refractivity contribution in [1.29, 1.82) is 0 Å². The van der Waals surface area contributed by atoms with Gasteiger partial charge in [-0.25, -0.2) is 0 Å². The van der Waals surface area contributed by atoms with Crippen molar-refractivity contribution < 1.29 is 37.1 Å². The second kappa shape index (κ2) is 12.8. The maximum absolute atomic E-state index is 13.9. The number of amides is 4. The fourth-order valence-corrected chi connectivity index (χ4v) is 4.60. The number of rotatable bonds is 12. The van der Waals surface area contributed by atoms with Gasteiger partial charge in [0.1, 0.15) is 12.0 Å². The molecule has 1 aromatic rings. The lowest BCUT2D eigenvalue weighted by Crippen LogP contribution is -2.56.